The Hall–Kier alpha value is -2.88. The van der Waals surface area contributed by atoms with Gasteiger partial charge in [0.1, 0.15) is 5.82 Å². The Kier molecular flexibility index (Phi) is 5.90. The van der Waals surface area contributed by atoms with Crippen LogP contribution in [0.5, 0.6) is 0 Å². The van der Waals surface area contributed by atoms with Crippen molar-refractivity contribution in [1.29, 1.82) is 0 Å². The van der Waals surface area contributed by atoms with Crippen molar-refractivity contribution in [3.05, 3.63) is 85.0 Å². The first-order chi connectivity index (χ1) is 11.6. The van der Waals surface area contributed by atoms with Crippen molar-refractivity contribution in [3.63, 3.8) is 0 Å². The summed E-state index contributed by atoms with van der Waals surface area (Å²) in [5.74, 6) is 0.728. The average Bonchev–Trinajstić information content (AvgIpc) is 2.91. The molecule has 1 heterocycles. The maximum absolute atomic E-state index is 11.8. The highest BCUT2D eigenvalue weighted by atomic mass is 16.1. The van der Waals surface area contributed by atoms with E-state index in [1.165, 1.54) is 0 Å². The van der Waals surface area contributed by atoms with E-state index in [4.69, 9.17) is 4.98 Å². The molecule has 0 aliphatic carbocycles. The second kappa shape index (κ2) is 8.11. The average molecular weight is 321 g/mol. The fraction of sp³-hybridized carbons (Fsp3) is 0.200. The molecule has 0 saturated carbocycles. The molecule has 2 rings (SSSR count). The van der Waals surface area contributed by atoms with Gasteiger partial charge in [-0.25, -0.2) is 4.98 Å². The summed E-state index contributed by atoms with van der Waals surface area (Å²) >= 11 is 0. The van der Waals surface area contributed by atoms with Gasteiger partial charge >= 0.3 is 0 Å². The predicted octanol–water partition coefficient (Wildman–Crippen LogP) is 3.52. The Labute approximate surface area is 143 Å². The van der Waals surface area contributed by atoms with Crippen LogP contribution in [-0.2, 0) is 24.2 Å². The molecule has 4 nitrogen and oxygen atoms in total. The molecular weight excluding hydrogens is 298 g/mol. The van der Waals surface area contributed by atoms with E-state index in [0.29, 0.717) is 25.0 Å². The van der Waals surface area contributed by atoms with Gasteiger partial charge < -0.3 is 5.32 Å². The van der Waals surface area contributed by atoms with Crippen LogP contribution in [-0.4, -0.2) is 15.5 Å². The first-order valence-corrected chi connectivity index (χ1v) is 7.88. The molecule has 24 heavy (non-hydrogen) atoms. The molecule has 1 aromatic heterocycles. The lowest BCUT2D eigenvalue weighted by molar-refractivity contribution is -0.117. The number of benzene rings is 1. The van der Waals surface area contributed by atoms with E-state index in [1.54, 1.807) is 6.92 Å². The van der Waals surface area contributed by atoms with Gasteiger partial charge in [0.05, 0.1) is 17.9 Å². The third-order valence-electron chi connectivity index (χ3n) is 3.61. The number of amides is 1. The van der Waals surface area contributed by atoms with Crippen molar-refractivity contribution in [2.75, 3.05) is 0 Å². The minimum absolute atomic E-state index is 0.168. The standard InChI is InChI=1S/C20H23N3O/c1-5-10-18-17(14-21-20(24)15(3)4)22-19(11-6-2)23(18)16-12-8-7-9-13-16/h5-9,12-13H,1-3,10-11,14H2,4H3,(H,21,24). The number of imidazole rings is 1. The molecule has 0 radical (unpaired) electrons. The zero-order valence-corrected chi connectivity index (χ0v) is 14.1. The number of carbonyl (C=O) groups is 1. The zero-order valence-electron chi connectivity index (χ0n) is 14.1. The van der Waals surface area contributed by atoms with Crippen LogP contribution >= 0.6 is 0 Å². The summed E-state index contributed by atoms with van der Waals surface area (Å²) in [7, 11) is 0. The maximum Gasteiger partial charge on any atom is 0.246 e. The molecule has 2 aromatic rings. The molecule has 1 aromatic carbocycles. The molecule has 1 amide bonds. The van der Waals surface area contributed by atoms with Crippen LogP contribution in [0.2, 0.25) is 0 Å². The number of hydrogen-bond acceptors (Lipinski definition) is 2. The van der Waals surface area contributed by atoms with Gasteiger partial charge in [0.25, 0.3) is 0 Å². The number of hydrogen-bond donors (Lipinski definition) is 1. The van der Waals surface area contributed by atoms with E-state index >= 15 is 0 Å². The van der Waals surface area contributed by atoms with E-state index in [9.17, 15) is 4.79 Å². The maximum atomic E-state index is 11.8. The summed E-state index contributed by atoms with van der Waals surface area (Å²) in [6.07, 6.45) is 4.98. The summed E-state index contributed by atoms with van der Waals surface area (Å²) in [4.78, 5) is 16.5. The SMILES string of the molecule is C=CCc1nc(CNC(=O)C(=C)C)c(CC=C)n1-c1ccccc1. The Morgan fingerprint density at radius 1 is 1.21 bits per heavy atom. The Balaban J connectivity index is 2.47. The van der Waals surface area contributed by atoms with Crippen LogP contribution in [0.4, 0.5) is 0 Å². The smallest absolute Gasteiger partial charge is 0.246 e. The lowest BCUT2D eigenvalue weighted by Gasteiger charge is -2.11. The van der Waals surface area contributed by atoms with Crippen LogP contribution in [0.15, 0.2) is 67.8 Å². The Bertz CT molecular complexity index is 757. The highest BCUT2D eigenvalue weighted by molar-refractivity contribution is 5.91. The van der Waals surface area contributed by atoms with Gasteiger partial charge in [-0.3, -0.25) is 9.36 Å². The van der Waals surface area contributed by atoms with E-state index < -0.39 is 0 Å². The highest BCUT2D eigenvalue weighted by Gasteiger charge is 2.17. The molecule has 0 unspecified atom stereocenters. The van der Waals surface area contributed by atoms with Gasteiger partial charge in [0, 0.05) is 24.1 Å². The lowest BCUT2D eigenvalue weighted by atomic mass is 10.2. The van der Waals surface area contributed by atoms with Crippen molar-refractivity contribution < 1.29 is 4.79 Å². The Morgan fingerprint density at radius 2 is 1.88 bits per heavy atom. The van der Waals surface area contributed by atoms with Gasteiger partial charge in [0.15, 0.2) is 0 Å². The van der Waals surface area contributed by atoms with Crippen LogP contribution in [0.1, 0.15) is 24.1 Å². The number of nitrogens with one attached hydrogen (secondary N) is 1. The molecule has 0 saturated heterocycles. The second-order valence-electron chi connectivity index (χ2n) is 5.54. The minimum Gasteiger partial charge on any atom is -0.347 e. The molecule has 0 fully saturated rings. The van der Waals surface area contributed by atoms with E-state index in [2.05, 4.69) is 29.6 Å². The number of nitrogens with zero attached hydrogens (tertiary/aromatic N) is 2. The van der Waals surface area contributed by atoms with Gasteiger partial charge in [-0.15, -0.1) is 13.2 Å². The normalized spacial score (nSPS) is 10.2. The topological polar surface area (TPSA) is 46.9 Å². The molecule has 0 atom stereocenters. The second-order valence-corrected chi connectivity index (χ2v) is 5.54. The van der Waals surface area contributed by atoms with Crippen molar-refractivity contribution in [2.45, 2.75) is 26.3 Å². The van der Waals surface area contributed by atoms with Crippen LogP contribution in [0.3, 0.4) is 0 Å². The minimum atomic E-state index is -0.168. The first-order valence-electron chi connectivity index (χ1n) is 7.88. The molecule has 0 spiro atoms. The summed E-state index contributed by atoms with van der Waals surface area (Å²) in [6, 6.07) is 10.0. The number of allylic oxidation sites excluding steroid dienone is 2. The zero-order chi connectivity index (χ0) is 17.5. The number of para-hydroxylation sites is 1. The van der Waals surface area contributed by atoms with Crippen LogP contribution in [0.25, 0.3) is 5.69 Å². The van der Waals surface area contributed by atoms with Gasteiger partial charge in [0.2, 0.25) is 5.91 Å². The van der Waals surface area contributed by atoms with Crippen molar-refractivity contribution in [1.82, 2.24) is 14.9 Å². The van der Waals surface area contributed by atoms with E-state index in [-0.39, 0.29) is 5.91 Å². The van der Waals surface area contributed by atoms with Gasteiger partial charge in [-0.1, -0.05) is 36.9 Å². The van der Waals surface area contributed by atoms with Crippen molar-refractivity contribution in [2.24, 2.45) is 0 Å². The summed E-state index contributed by atoms with van der Waals surface area (Å²) in [6.45, 7) is 13.4. The van der Waals surface area contributed by atoms with E-state index in [0.717, 1.165) is 22.9 Å². The van der Waals surface area contributed by atoms with Crippen molar-refractivity contribution >= 4 is 5.91 Å². The van der Waals surface area contributed by atoms with Crippen LogP contribution in [0, 0.1) is 0 Å². The summed E-state index contributed by atoms with van der Waals surface area (Å²) in [5.41, 5.74) is 3.38. The molecule has 124 valence electrons. The van der Waals surface area contributed by atoms with Crippen LogP contribution < -0.4 is 5.32 Å². The predicted molar refractivity (Wildman–Crippen MR) is 98.0 cm³/mol. The number of aromatic nitrogens is 2. The molecule has 1 N–H and O–H groups in total. The number of rotatable bonds is 8. The van der Waals surface area contributed by atoms with Gasteiger partial charge in [-0.05, 0) is 19.1 Å². The molecule has 0 aliphatic rings. The molecular formula is C20H23N3O. The van der Waals surface area contributed by atoms with Gasteiger partial charge in [-0.2, -0.15) is 0 Å². The summed E-state index contributed by atoms with van der Waals surface area (Å²) < 4.78 is 2.12. The van der Waals surface area contributed by atoms with E-state index in [1.807, 2.05) is 42.5 Å². The Morgan fingerprint density at radius 3 is 2.46 bits per heavy atom. The third kappa shape index (κ3) is 3.90. The molecule has 4 heteroatoms. The first kappa shape index (κ1) is 17.5. The highest BCUT2D eigenvalue weighted by Crippen LogP contribution is 2.20. The monoisotopic (exact) mass is 321 g/mol. The quantitative estimate of drug-likeness (QED) is 0.597. The third-order valence-corrected chi connectivity index (χ3v) is 3.61. The lowest BCUT2D eigenvalue weighted by Crippen LogP contribution is -2.23. The largest absolute Gasteiger partial charge is 0.347 e. The van der Waals surface area contributed by atoms with Crippen molar-refractivity contribution in [3.8, 4) is 5.69 Å². The summed E-state index contributed by atoms with van der Waals surface area (Å²) in [5, 5.41) is 2.86. The molecule has 0 bridgehead atoms. The molecule has 0 aliphatic heterocycles. The fourth-order valence-corrected chi connectivity index (χ4v) is 2.51. The fourth-order valence-electron chi connectivity index (χ4n) is 2.51. The number of carbonyl (C=O) groups excluding carboxylic acids is 1.